The van der Waals surface area contributed by atoms with Gasteiger partial charge in [0.05, 0.1) is 0 Å². The Morgan fingerprint density at radius 2 is 1.86 bits per heavy atom. The average Bonchev–Trinajstić information content (AvgIpc) is 2.96. The zero-order chi connectivity index (χ0) is 20.8. The third-order valence-corrected chi connectivity index (χ3v) is 5.33. The van der Waals surface area contributed by atoms with Gasteiger partial charge in [0.25, 0.3) is 0 Å². The number of amides is 2. The van der Waals surface area contributed by atoms with E-state index in [1.165, 1.54) is 0 Å². The van der Waals surface area contributed by atoms with Gasteiger partial charge in [0.1, 0.15) is 12.2 Å². The summed E-state index contributed by atoms with van der Waals surface area (Å²) in [6.45, 7) is 0. The molecule has 2 unspecified atom stereocenters. The minimum atomic E-state index is -1.55. The fourth-order valence-corrected chi connectivity index (χ4v) is 3.82. The molecular formula is C22H27N3O4. The van der Waals surface area contributed by atoms with Gasteiger partial charge in [-0.2, -0.15) is 0 Å². The number of rotatable bonds is 8. The molecule has 2 N–H and O–H groups in total. The third-order valence-electron chi connectivity index (χ3n) is 5.33. The average molecular weight is 397 g/mol. The molecule has 7 heteroatoms. The van der Waals surface area contributed by atoms with Gasteiger partial charge in [0.2, 0.25) is 11.8 Å². The first-order chi connectivity index (χ1) is 14.0. The predicted molar refractivity (Wildman–Crippen MR) is 107 cm³/mol. The van der Waals surface area contributed by atoms with Crippen molar-refractivity contribution in [2.75, 3.05) is 7.05 Å². The molecule has 0 radical (unpaired) electrons. The van der Waals surface area contributed by atoms with E-state index in [9.17, 15) is 9.59 Å². The number of carbonyl (C=O) groups excluding carboxylic acids is 2. The van der Waals surface area contributed by atoms with Gasteiger partial charge in [0, 0.05) is 38.7 Å². The molecule has 1 aliphatic rings. The van der Waals surface area contributed by atoms with E-state index in [0.717, 1.165) is 17.5 Å². The van der Waals surface area contributed by atoms with Crippen molar-refractivity contribution in [1.29, 1.82) is 0 Å². The quantitative estimate of drug-likeness (QED) is 0.656. The highest BCUT2D eigenvalue weighted by atomic mass is 16.5. The highest BCUT2D eigenvalue weighted by Gasteiger charge is 2.45. The van der Waals surface area contributed by atoms with E-state index in [2.05, 4.69) is 4.98 Å². The van der Waals surface area contributed by atoms with E-state index in [4.69, 9.17) is 10.2 Å². The summed E-state index contributed by atoms with van der Waals surface area (Å²) in [6, 6.07) is 13.0. The maximum Gasteiger partial charge on any atom is 0.247 e. The van der Waals surface area contributed by atoms with Gasteiger partial charge in [-0.15, -0.1) is 0 Å². The summed E-state index contributed by atoms with van der Waals surface area (Å²) in [7, 11) is 1.72. The molecule has 2 aromatic rings. The van der Waals surface area contributed by atoms with Crippen LogP contribution in [0.5, 0.6) is 0 Å². The first-order valence-electron chi connectivity index (χ1n) is 9.84. The number of hydrogen-bond donors (Lipinski definition) is 2. The van der Waals surface area contributed by atoms with E-state index in [1.54, 1.807) is 35.3 Å². The lowest BCUT2D eigenvalue weighted by Gasteiger charge is -2.30. The van der Waals surface area contributed by atoms with E-state index in [1.807, 2.05) is 36.4 Å². The van der Waals surface area contributed by atoms with Gasteiger partial charge in [-0.05, 0) is 30.0 Å². The van der Waals surface area contributed by atoms with Crippen LogP contribution >= 0.6 is 0 Å². The molecule has 0 bridgehead atoms. The van der Waals surface area contributed by atoms with Crippen LogP contribution in [0.3, 0.4) is 0 Å². The molecule has 3 rings (SSSR count). The van der Waals surface area contributed by atoms with E-state index < -0.39 is 12.3 Å². The van der Waals surface area contributed by atoms with Gasteiger partial charge in [-0.3, -0.25) is 14.6 Å². The number of aliphatic hydroxyl groups excluding tert-OH is 1. The Bertz CT molecular complexity index is 813. The zero-order valence-electron chi connectivity index (χ0n) is 16.5. The fourth-order valence-electron chi connectivity index (χ4n) is 3.82. The first-order valence-corrected chi connectivity index (χ1v) is 9.84. The smallest absolute Gasteiger partial charge is 0.247 e. The summed E-state index contributed by atoms with van der Waals surface area (Å²) < 4.78 is 0. The Labute approximate surface area is 170 Å². The summed E-state index contributed by atoms with van der Waals surface area (Å²) in [5.41, 5.74) is 2.02. The summed E-state index contributed by atoms with van der Waals surface area (Å²) >= 11 is 0. The standard InChI is InChI=1S/C22H27N3O4/c1-24-19(10-9-16-6-3-2-4-7-16)25(20(26)11-12-21(27)28)18(22(24)29)14-17-8-5-13-23-15-17/h2-8,13,15,18-19,21,27-28H,9-12,14H2,1H3. The van der Waals surface area contributed by atoms with Gasteiger partial charge in [-0.25, -0.2) is 0 Å². The monoisotopic (exact) mass is 397 g/mol. The van der Waals surface area contributed by atoms with Crippen molar-refractivity contribution in [2.24, 2.45) is 0 Å². The van der Waals surface area contributed by atoms with Crippen molar-refractivity contribution >= 4 is 11.8 Å². The van der Waals surface area contributed by atoms with Crippen molar-refractivity contribution in [3.05, 3.63) is 66.0 Å². The van der Waals surface area contributed by atoms with Crippen LogP contribution in [-0.4, -0.2) is 62.4 Å². The van der Waals surface area contributed by atoms with E-state index >= 15 is 0 Å². The number of aromatic nitrogens is 1. The van der Waals surface area contributed by atoms with Gasteiger partial charge in [0.15, 0.2) is 6.29 Å². The Morgan fingerprint density at radius 1 is 1.14 bits per heavy atom. The van der Waals surface area contributed by atoms with Crippen molar-refractivity contribution < 1.29 is 19.8 Å². The lowest BCUT2D eigenvalue weighted by atomic mass is 10.0. The van der Waals surface area contributed by atoms with Crippen LogP contribution in [0.25, 0.3) is 0 Å². The topological polar surface area (TPSA) is 94.0 Å². The number of aryl methyl sites for hydroxylation is 1. The SMILES string of the molecule is CN1C(=O)C(Cc2cccnc2)N(C(=O)CCC(O)O)C1CCc1ccccc1. The largest absolute Gasteiger partial charge is 0.368 e. The second-order valence-corrected chi connectivity index (χ2v) is 7.36. The van der Waals surface area contributed by atoms with E-state index in [0.29, 0.717) is 12.8 Å². The van der Waals surface area contributed by atoms with Crippen molar-refractivity contribution in [1.82, 2.24) is 14.8 Å². The lowest BCUT2D eigenvalue weighted by Crippen LogP contribution is -2.45. The maximum absolute atomic E-state index is 13.0. The van der Waals surface area contributed by atoms with Crippen LogP contribution in [-0.2, 0) is 22.4 Å². The molecule has 0 aliphatic carbocycles. The summed E-state index contributed by atoms with van der Waals surface area (Å²) in [4.78, 5) is 33.3. The predicted octanol–water partition coefficient (Wildman–Crippen LogP) is 1.34. The number of hydrogen-bond acceptors (Lipinski definition) is 5. The summed E-state index contributed by atoms with van der Waals surface area (Å²) in [5, 5.41) is 18.3. The second-order valence-electron chi connectivity index (χ2n) is 7.36. The zero-order valence-corrected chi connectivity index (χ0v) is 16.5. The van der Waals surface area contributed by atoms with Gasteiger partial charge < -0.3 is 20.0 Å². The number of pyridine rings is 1. The molecule has 1 aromatic heterocycles. The molecule has 1 saturated heterocycles. The lowest BCUT2D eigenvalue weighted by molar-refractivity contribution is -0.138. The Balaban J connectivity index is 1.81. The fraction of sp³-hybridized carbons (Fsp3) is 0.409. The molecule has 0 spiro atoms. The minimum absolute atomic E-state index is 0.0236. The van der Waals surface area contributed by atoms with Crippen LogP contribution in [0.1, 0.15) is 30.4 Å². The van der Waals surface area contributed by atoms with Crippen LogP contribution in [0.2, 0.25) is 0 Å². The molecule has 29 heavy (non-hydrogen) atoms. The molecule has 7 nitrogen and oxygen atoms in total. The Kier molecular flexibility index (Phi) is 6.95. The molecule has 1 fully saturated rings. The molecule has 1 aliphatic heterocycles. The van der Waals surface area contributed by atoms with Gasteiger partial charge >= 0.3 is 0 Å². The summed E-state index contributed by atoms with van der Waals surface area (Å²) in [5.74, 6) is -0.354. The first kappa shape index (κ1) is 21.0. The highest BCUT2D eigenvalue weighted by molar-refractivity contribution is 5.91. The highest BCUT2D eigenvalue weighted by Crippen LogP contribution is 2.28. The molecule has 0 saturated carbocycles. The number of nitrogens with zero attached hydrogens (tertiary/aromatic N) is 3. The Morgan fingerprint density at radius 3 is 2.52 bits per heavy atom. The third kappa shape index (κ3) is 5.19. The molecule has 2 heterocycles. The van der Waals surface area contributed by atoms with E-state index in [-0.39, 0.29) is 30.8 Å². The second kappa shape index (κ2) is 9.62. The normalized spacial score (nSPS) is 19.2. The number of likely N-dealkylation sites (N-methyl/N-ethyl adjacent to an activating group) is 1. The van der Waals surface area contributed by atoms with Crippen molar-refractivity contribution in [3.8, 4) is 0 Å². The minimum Gasteiger partial charge on any atom is -0.368 e. The molecule has 2 amide bonds. The molecule has 2 atom stereocenters. The molecular weight excluding hydrogens is 370 g/mol. The van der Waals surface area contributed by atoms with Crippen LogP contribution in [0.15, 0.2) is 54.9 Å². The molecule has 154 valence electrons. The molecule has 1 aromatic carbocycles. The number of carbonyl (C=O) groups is 2. The van der Waals surface area contributed by atoms with Crippen LogP contribution in [0, 0.1) is 0 Å². The van der Waals surface area contributed by atoms with Crippen molar-refractivity contribution in [2.45, 2.75) is 50.6 Å². The van der Waals surface area contributed by atoms with Crippen molar-refractivity contribution in [3.63, 3.8) is 0 Å². The maximum atomic E-state index is 13.0. The van der Waals surface area contributed by atoms with Gasteiger partial charge in [-0.1, -0.05) is 36.4 Å². The van der Waals surface area contributed by atoms with Crippen LogP contribution in [0.4, 0.5) is 0 Å². The van der Waals surface area contributed by atoms with Crippen LogP contribution < -0.4 is 0 Å². The number of aliphatic hydroxyl groups is 2. The number of benzene rings is 1. The summed E-state index contributed by atoms with van der Waals surface area (Å²) in [6.07, 6.45) is 3.10. The Hall–Kier alpha value is -2.77.